The third-order valence-electron chi connectivity index (χ3n) is 2.91. The average Bonchev–Trinajstić information content (AvgIpc) is 2.51. The van der Waals surface area contributed by atoms with E-state index in [-0.39, 0.29) is 0 Å². The zero-order valence-electron chi connectivity index (χ0n) is 8.43. The van der Waals surface area contributed by atoms with Gasteiger partial charge in [0, 0.05) is 18.2 Å². The van der Waals surface area contributed by atoms with Gasteiger partial charge in [0.15, 0.2) is 0 Å². The van der Waals surface area contributed by atoms with Crippen molar-refractivity contribution in [1.82, 2.24) is 0 Å². The molecule has 0 saturated heterocycles. The first-order valence-electron chi connectivity index (χ1n) is 5.16. The van der Waals surface area contributed by atoms with Gasteiger partial charge < -0.3 is 5.32 Å². The molecule has 1 aliphatic heterocycles. The molecule has 13 heavy (non-hydrogen) atoms. The first kappa shape index (κ1) is 8.61. The fourth-order valence-electron chi connectivity index (χ4n) is 2.21. The van der Waals surface area contributed by atoms with Crippen LogP contribution in [0.25, 0.3) is 0 Å². The van der Waals surface area contributed by atoms with Crippen LogP contribution in [-0.4, -0.2) is 6.54 Å². The average molecular weight is 175 g/mol. The fraction of sp³-hybridized carbons (Fsp3) is 0.500. The molecule has 0 aromatic heterocycles. The summed E-state index contributed by atoms with van der Waals surface area (Å²) in [6, 6.07) is 6.62. The van der Waals surface area contributed by atoms with E-state index in [9.17, 15) is 0 Å². The minimum atomic E-state index is 0.750. The maximum absolute atomic E-state index is 3.50. The topological polar surface area (TPSA) is 12.0 Å². The van der Waals surface area contributed by atoms with Gasteiger partial charge in [-0.25, -0.2) is 0 Å². The molecule has 1 aromatic carbocycles. The Balaban J connectivity index is 2.32. The van der Waals surface area contributed by atoms with Crippen molar-refractivity contribution in [1.29, 1.82) is 0 Å². The van der Waals surface area contributed by atoms with Gasteiger partial charge in [-0.05, 0) is 24.5 Å². The van der Waals surface area contributed by atoms with E-state index in [1.54, 1.807) is 0 Å². The summed E-state index contributed by atoms with van der Waals surface area (Å²) in [5, 5.41) is 3.50. The summed E-state index contributed by atoms with van der Waals surface area (Å²) in [6.45, 7) is 5.57. The van der Waals surface area contributed by atoms with Crippen LogP contribution in [0.3, 0.4) is 0 Å². The molecule has 0 amide bonds. The number of fused-ring (bicyclic) bond motifs is 1. The van der Waals surface area contributed by atoms with Crippen molar-refractivity contribution in [2.24, 2.45) is 0 Å². The largest absolute Gasteiger partial charge is 0.384 e. The van der Waals surface area contributed by atoms with Crippen LogP contribution in [0.1, 0.15) is 36.8 Å². The summed E-state index contributed by atoms with van der Waals surface area (Å²) in [5.41, 5.74) is 4.30. The maximum atomic E-state index is 3.50. The van der Waals surface area contributed by atoms with E-state index < -0.39 is 0 Å². The summed E-state index contributed by atoms with van der Waals surface area (Å²) in [7, 11) is 0. The van der Waals surface area contributed by atoms with E-state index in [0.717, 1.165) is 12.5 Å². The number of hydrogen-bond donors (Lipinski definition) is 1. The van der Waals surface area contributed by atoms with Gasteiger partial charge in [0.1, 0.15) is 0 Å². The van der Waals surface area contributed by atoms with Gasteiger partial charge >= 0.3 is 0 Å². The highest BCUT2D eigenvalue weighted by Gasteiger charge is 2.21. The van der Waals surface area contributed by atoms with Crippen molar-refractivity contribution in [3.63, 3.8) is 0 Å². The lowest BCUT2D eigenvalue weighted by Crippen LogP contribution is -2.00. The Bertz CT molecular complexity index is 304. The quantitative estimate of drug-likeness (QED) is 0.727. The Morgan fingerprint density at radius 1 is 1.46 bits per heavy atom. The van der Waals surface area contributed by atoms with Crippen LogP contribution >= 0.6 is 0 Å². The fourth-order valence-corrected chi connectivity index (χ4v) is 2.21. The lowest BCUT2D eigenvalue weighted by Gasteiger charge is -2.08. The second kappa shape index (κ2) is 3.41. The Labute approximate surface area is 80.2 Å². The molecule has 0 spiro atoms. The number of para-hydroxylation sites is 1. The van der Waals surface area contributed by atoms with Crippen LogP contribution in [-0.2, 0) is 0 Å². The number of aryl methyl sites for hydroxylation is 1. The molecular weight excluding hydrogens is 158 g/mol. The Hall–Kier alpha value is -0.980. The second-order valence-corrected chi connectivity index (χ2v) is 3.91. The zero-order valence-corrected chi connectivity index (χ0v) is 8.43. The van der Waals surface area contributed by atoms with Gasteiger partial charge in [0.25, 0.3) is 0 Å². The summed E-state index contributed by atoms with van der Waals surface area (Å²) < 4.78 is 0. The van der Waals surface area contributed by atoms with E-state index in [1.807, 2.05) is 0 Å². The van der Waals surface area contributed by atoms with E-state index >= 15 is 0 Å². The van der Waals surface area contributed by atoms with Crippen LogP contribution < -0.4 is 5.32 Å². The van der Waals surface area contributed by atoms with Gasteiger partial charge in [-0.15, -0.1) is 0 Å². The first-order valence-corrected chi connectivity index (χ1v) is 5.16. The number of rotatable bonds is 2. The SMILES string of the molecule is CCC[C@H]1CNc2c(C)cccc21. The van der Waals surface area contributed by atoms with Crippen LogP contribution in [0.2, 0.25) is 0 Å². The monoisotopic (exact) mass is 175 g/mol. The summed E-state index contributed by atoms with van der Waals surface area (Å²) >= 11 is 0. The third kappa shape index (κ3) is 1.43. The third-order valence-corrected chi connectivity index (χ3v) is 2.91. The number of hydrogen-bond acceptors (Lipinski definition) is 1. The molecule has 0 bridgehead atoms. The smallest absolute Gasteiger partial charge is 0.0406 e. The van der Waals surface area contributed by atoms with Crippen LogP contribution in [0.5, 0.6) is 0 Å². The Morgan fingerprint density at radius 3 is 3.08 bits per heavy atom. The predicted octanol–water partition coefficient (Wildman–Crippen LogP) is 3.30. The van der Waals surface area contributed by atoms with Crippen molar-refractivity contribution in [3.05, 3.63) is 29.3 Å². The van der Waals surface area contributed by atoms with Gasteiger partial charge in [-0.2, -0.15) is 0 Å². The van der Waals surface area contributed by atoms with Crippen molar-refractivity contribution >= 4 is 5.69 Å². The first-order chi connectivity index (χ1) is 6.33. The summed E-state index contributed by atoms with van der Waals surface area (Å²) in [4.78, 5) is 0. The molecule has 0 unspecified atom stereocenters. The number of benzene rings is 1. The van der Waals surface area contributed by atoms with Gasteiger partial charge in [0.2, 0.25) is 0 Å². The Kier molecular flexibility index (Phi) is 2.26. The molecule has 0 radical (unpaired) electrons. The van der Waals surface area contributed by atoms with Crippen molar-refractivity contribution in [2.45, 2.75) is 32.6 Å². The van der Waals surface area contributed by atoms with Crippen molar-refractivity contribution in [3.8, 4) is 0 Å². The second-order valence-electron chi connectivity index (χ2n) is 3.91. The molecule has 1 heterocycles. The normalized spacial score (nSPS) is 19.7. The standard InChI is InChI=1S/C12H17N/c1-3-5-10-8-13-12-9(2)6-4-7-11(10)12/h4,6-7,10,13H,3,5,8H2,1-2H3/t10-/m0/s1. The molecule has 1 atom stereocenters. The van der Waals surface area contributed by atoms with Gasteiger partial charge in [0.05, 0.1) is 0 Å². The molecule has 2 rings (SSSR count). The predicted molar refractivity (Wildman–Crippen MR) is 57.3 cm³/mol. The lowest BCUT2D eigenvalue weighted by molar-refractivity contribution is 0.661. The van der Waals surface area contributed by atoms with E-state index in [0.29, 0.717) is 0 Å². The maximum Gasteiger partial charge on any atom is 0.0406 e. The molecule has 1 heteroatoms. The zero-order chi connectivity index (χ0) is 9.26. The van der Waals surface area contributed by atoms with Crippen LogP contribution in [0, 0.1) is 6.92 Å². The molecule has 0 aliphatic carbocycles. The molecule has 0 saturated carbocycles. The van der Waals surface area contributed by atoms with E-state index in [2.05, 4.69) is 37.4 Å². The van der Waals surface area contributed by atoms with Crippen molar-refractivity contribution < 1.29 is 0 Å². The summed E-state index contributed by atoms with van der Waals surface area (Å²) in [5.74, 6) is 0.750. The minimum absolute atomic E-state index is 0.750. The lowest BCUT2D eigenvalue weighted by atomic mass is 9.95. The molecule has 1 aliphatic rings. The molecule has 0 fully saturated rings. The highest BCUT2D eigenvalue weighted by molar-refractivity contribution is 5.62. The molecule has 1 N–H and O–H groups in total. The molecular formula is C12H17N. The summed E-state index contributed by atoms with van der Waals surface area (Å²) in [6.07, 6.45) is 2.59. The minimum Gasteiger partial charge on any atom is -0.384 e. The highest BCUT2D eigenvalue weighted by atomic mass is 14.9. The van der Waals surface area contributed by atoms with Gasteiger partial charge in [-0.3, -0.25) is 0 Å². The van der Waals surface area contributed by atoms with E-state index in [1.165, 1.54) is 29.7 Å². The van der Waals surface area contributed by atoms with E-state index in [4.69, 9.17) is 0 Å². The van der Waals surface area contributed by atoms with Crippen molar-refractivity contribution in [2.75, 3.05) is 11.9 Å². The van der Waals surface area contributed by atoms with Gasteiger partial charge in [-0.1, -0.05) is 31.5 Å². The molecule has 70 valence electrons. The van der Waals surface area contributed by atoms with Crippen LogP contribution in [0.15, 0.2) is 18.2 Å². The molecule has 1 aromatic rings. The number of anilines is 1. The number of nitrogens with one attached hydrogen (secondary N) is 1. The Morgan fingerprint density at radius 2 is 2.31 bits per heavy atom. The molecule has 1 nitrogen and oxygen atoms in total. The highest BCUT2D eigenvalue weighted by Crippen LogP contribution is 2.36. The van der Waals surface area contributed by atoms with Crippen LogP contribution in [0.4, 0.5) is 5.69 Å².